The number of allylic oxidation sites excluding steroid dienone is 3. The summed E-state index contributed by atoms with van der Waals surface area (Å²) in [6.07, 6.45) is 6.67. The van der Waals surface area contributed by atoms with Crippen molar-refractivity contribution in [3.05, 3.63) is 47.6 Å². The van der Waals surface area contributed by atoms with Gasteiger partial charge in [0.2, 0.25) is 0 Å². The van der Waals surface area contributed by atoms with Crippen molar-refractivity contribution >= 4 is 29.3 Å². The fraction of sp³-hybridized carbons (Fsp3) is 0.250. The molecule has 0 spiro atoms. The van der Waals surface area contributed by atoms with Gasteiger partial charge in [0.05, 0.1) is 17.4 Å². The minimum Gasteiger partial charge on any atom is -0.423 e. The fourth-order valence-electron chi connectivity index (χ4n) is 3.40. The Hall–Kier alpha value is -2.18. The summed E-state index contributed by atoms with van der Waals surface area (Å²) >= 11 is 0. The Labute approximate surface area is 128 Å². The lowest BCUT2D eigenvalue weighted by molar-refractivity contribution is 0.183. The van der Waals surface area contributed by atoms with E-state index in [4.69, 9.17) is 10.4 Å². The molecule has 1 aliphatic heterocycles. The van der Waals surface area contributed by atoms with Crippen molar-refractivity contribution in [2.75, 3.05) is 5.73 Å². The van der Waals surface area contributed by atoms with Crippen molar-refractivity contribution in [1.82, 2.24) is 10.2 Å². The van der Waals surface area contributed by atoms with Gasteiger partial charge in [0.15, 0.2) is 0 Å². The Balaban J connectivity index is 1.89. The van der Waals surface area contributed by atoms with Gasteiger partial charge in [-0.3, -0.25) is 0 Å². The molecule has 1 aliphatic carbocycles. The zero-order valence-corrected chi connectivity index (χ0v) is 12.2. The van der Waals surface area contributed by atoms with Gasteiger partial charge in [0.25, 0.3) is 0 Å². The van der Waals surface area contributed by atoms with Gasteiger partial charge in [-0.15, -0.1) is 0 Å². The van der Waals surface area contributed by atoms with E-state index in [1.807, 2.05) is 25.1 Å². The van der Waals surface area contributed by atoms with Crippen LogP contribution in [0.25, 0.3) is 16.5 Å². The molecular weight excluding hydrogens is 277 g/mol. The lowest BCUT2D eigenvalue weighted by Gasteiger charge is -2.20. The Morgan fingerprint density at radius 2 is 2.27 bits per heavy atom. The highest BCUT2D eigenvalue weighted by molar-refractivity contribution is 6.55. The van der Waals surface area contributed by atoms with Crippen LogP contribution in [-0.2, 0) is 4.65 Å². The first-order valence-electron chi connectivity index (χ1n) is 7.40. The van der Waals surface area contributed by atoms with Crippen LogP contribution in [0.15, 0.2) is 42.0 Å². The lowest BCUT2D eigenvalue weighted by Crippen LogP contribution is -2.17. The summed E-state index contributed by atoms with van der Waals surface area (Å²) in [6, 6.07) is 5.92. The number of fused-ring (bicyclic) bond motifs is 2. The molecule has 110 valence electrons. The zero-order chi connectivity index (χ0) is 15.3. The molecule has 2 unspecified atom stereocenters. The van der Waals surface area contributed by atoms with Gasteiger partial charge in [0.1, 0.15) is 0 Å². The minimum atomic E-state index is -0.831. The molecule has 2 atom stereocenters. The molecule has 0 amide bonds. The van der Waals surface area contributed by atoms with Crippen molar-refractivity contribution in [2.45, 2.75) is 19.4 Å². The number of benzene rings is 1. The number of nitrogen functional groups attached to an aromatic ring is 1. The van der Waals surface area contributed by atoms with Gasteiger partial charge in [-0.05, 0) is 42.1 Å². The predicted molar refractivity (Wildman–Crippen MR) is 86.6 cm³/mol. The number of anilines is 1. The largest absolute Gasteiger partial charge is 0.488 e. The monoisotopic (exact) mass is 293 g/mol. The van der Waals surface area contributed by atoms with Gasteiger partial charge >= 0.3 is 7.12 Å². The number of rotatable bonds is 1. The molecule has 5 nitrogen and oxygen atoms in total. The third-order valence-electron chi connectivity index (χ3n) is 4.54. The topological polar surface area (TPSA) is 81.3 Å². The third-order valence-corrected chi connectivity index (χ3v) is 4.54. The highest BCUT2D eigenvalue weighted by Gasteiger charge is 2.42. The van der Waals surface area contributed by atoms with E-state index in [1.165, 1.54) is 0 Å². The summed E-state index contributed by atoms with van der Waals surface area (Å²) < 4.78 is 5.58. The van der Waals surface area contributed by atoms with Crippen molar-refractivity contribution in [1.29, 1.82) is 0 Å². The van der Waals surface area contributed by atoms with Crippen molar-refractivity contribution < 1.29 is 9.68 Å². The number of nitrogens with zero attached hydrogens (tertiary/aromatic N) is 2. The van der Waals surface area contributed by atoms with Crippen LogP contribution in [0.1, 0.15) is 18.9 Å². The highest BCUT2D eigenvalue weighted by atomic mass is 16.5. The summed E-state index contributed by atoms with van der Waals surface area (Å²) in [5.41, 5.74) is 10.3. The minimum absolute atomic E-state index is 0.0286. The molecule has 0 saturated carbocycles. The molecule has 22 heavy (non-hydrogen) atoms. The van der Waals surface area contributed by atoms with Crippen LogP contribution in [-0.4, -0.2) is 28.4 Å². The van der Waals surface area contributed by atoms with E-state index in [9.17, 15) is 5.02 Å². The van der Waals surface area contributed by atoms with Crippen LogP contribution in [0.5, 0.6) is 0 Å². The molecule has 1 fully saturated rings. The van der Waals surface area contributed by atoms with Gasteiger partial charge in [-0.25, -0.2) is 0 Å². The van der Waals surface area contributed by atoms with E-state index in [-0.39, 0.29) is 12.0 Å². The second kappa shape index (κ2) is 4.93. The molecule has 4 rings (SSSR count). The van der Waals surface area contributed by atoms with Crippen molar-refractivity contribution in [3.8, 4) is 0 Å². The molecule has 6 heteroatoms. The van der Waals surface area contributed by atoms with Crippen LogP contribution in [0, 0.1) is 5.92 Å². The number of hydrogen-bond donors (Lipinski definition) is 2. The van der Waals surface area contributed by atoms with Crippen LogP contribution >= 0.6 is 0 Å². The molecule has 1 saturated heterocycles. The van der Waals surface area contributed by atoms with E-state index >= 15 is 0 Å². The number of nitrogens with two attached hydrogens (primary N) is 1. The Morgan fingerprint density at radius 3 is 3.14 bits per heavy atom. The Kier molecular flexibility index (Phi) is 3.02. The summed E-state index contributed by atoms with van der Waals surface area (Å²) in [5, 5.41) is 19.2. The first-order chi connectivity index (χ1) is 10.6. The summed E-state index contributed by atoms with van der Waals surface area (Å²) in [5.74, 6) is 0.234. The second-order valence-electron chi connectivity index (χ2n) is 5.84. The van der Waals surface area contributed by atoms with Gasteiger partial charge in [-0.1, -0.05) is 18.2 Å². The summed E-state index contributed by atoms with van der Waals surface area (Å²) in [7, 11) is -0.831. The predicted octanol–water partition coefficient (Wildman–Crippen LogP) is 1.98. The molecule has 2 heterocycles. The van der Waals surface area contributed by atoms with Gasteiger partial charge in [-0.2, -0.15) is 10.2 Å². The average molecular weight is 293 g/mol. The van der Waals surface area contributed by atoms with E-state index in [0.29, 0.717) is 5.69 Å². The number of aromatic nitrogens is 2. The second-order valence-corrected chi connectivity index (χ2v) is 5.84. The fourth-order valence-corrected chi connectivity index (χ4v) is 3.40. The standard InChI is InChI=1S/C16H16BN3O2/c1-9-11-3-2-4-12(16(11)17(21)22-9)10-5-6-13-14(18)8-19-20-15(13)7-10/h2,4-9,11,21H,3H2,1H3,(H2,18,20). The smallest absolute Gasteiger partial charge is 0.423 e. The quantitative estimate of drug-likeness (QED) is 0.786. The maximum Gasteiger partial charge on any atom is 0.488 e. The normalized spacial score (nSPS) is 24.2. The average Bonchev–Trinajstić information content (AvgIpc) is 2.82. The van der Waals surface area contributed by atoms with Gasteiger partial charge in [0, 0.05) is 17.4 Å². The molecule has 1 aromatic carbocycles. The maximum atomic E-state index is 10.2. The van der Waals surface area contributed by atoms with Crippen molar-refractivity contribution in [2.24, 2.45) is 5.92 Å². The molecular formula is C16H16BN3O2. The zero-order valence-electron chi connectivity index (χ0n) is 12.2. The van der Waals surface area contributed by atoms with E-state index in [2.05, 4.69) is 22.3 Å². The SMILES string of the molecule is CC1OB(O)C2=C(c3ccc4c(N)cnnc4c3)C=CCC21. The van der Waals surface area contributed by atoms with Crippen LogP contribution in [0.2, 0.25) is 0 Å². The third kappa shape index (κ3) is 1.95. The van der Waals surface area contributed by atoms with E-state index in [1.54, 1.807) is 6.20 Å². The molecule has 3 N–H and O–H groups in total. The molecule has 0 radical (unpaired) electrons. The van der Waals surface area contributed by atoms with Crippen LogP contribution < -0.4 is 5.73 Å². The molecule has 2 aromatic rings. The number of hydrogen-bond acceptors (Lipinski definition) is 5. The Morgan fingerprint density at radius 1 is 1.41 bits per heavy atom. The first-order valence-corrected chi connectivity index (χ1v) is 7.40. The highest BCUT2D eigenvalue weighted by Crippen LogP contribution is 2.40. The molecule has 0 bridgehead atoms. The summed E-state index contributed by atoms with van der Waals surface area (Å²) in [6.45, 7) is 2.00. The summed E-state index contributed by atoms with van der Waals surface area (Å²) in [4.78, 5) is 0. The van der Waals surface area contributed by atoms with Crippen LogP contribution in [0.3, 0.4) is 0 Å². The Bertz CT molecular complexity index is 818. The maximum absolute atomic E-state index is 10.2. The molecule has 2 aliphatic rings. The van der Waals surface area contributed by atoms with Gasteiger partial charge < -0.3 is 15.4 Å². The van der Waals surface area contributed by atoms with Crippen molar-refractivity contribution in [3.63, 3.8) is 0 Å². The van der Waals surface area contributed by atoms with E-state index in [0.717, 1.165) is 33.9 Å². The first kappa shape index (κ1) is 13.5. The van der Waals surface area contributed by atoms with Crippen LogP contribution in [0.4, 0.5) is 5.69 Å². The lowest BCUT2D eigenvalue weighted by atomic mass is 9.67. The van der Waals surface area contributed by atoms with E-state index < -0.39 is 7.12 Å². The molecule has 1 aromatic heterocycles.